The van der Waals surface area contributed by atoms with Crippen LogP contribution in [-0.4, -0.2) is 28.4 Å². The minimum absolute atomic E-state index is 0.00258. The Kier molecular flexibility index (Phi) is 2.45. The van der Waals surface area contributed by atoms with Crippen LogP contribution >= 0.6 is 11.3 Å². The van der Waals surface area contributed by atoms with Gasteiger partial charge in [-0.25, -0.2) is 0 Å². The second-order valence-electron chi connectivity index (χ2n) is 4.24. The molecule has 0 aromatic carbocycles. The predicted molar refractivity (Wildman–Crippen MR) is 56.7 cm³/mol. The lowest BCUT2D eigenvalue weighted by atomic mass is 10.0. The fraction of sp³-hybridized carbons (Fsp3) is 0.778. The fourth-order valence-corrected chi connectivity index (χ4v) is 2.33. The Morgan fingerprint density at radius 2 is 2.29 bits per heavy atom. The van der Waals surface area contributed by atoms with Gasteiger partial charge in [0.25, 0.3) is 0 Å². The van der Waals surface area contributed by atoms with Gasteiger partial charge >= 0.3 is 0 Å². The van der Waals surface area contributed by atoms with Crippen LogP contribution in [0.1, 0.15) is 25.3 Å². The number of anilines is 1. The maximum absolute atomic E-state index is 5.63. The van der Waals surface area contributed by atoms with Crippen molar-refractivity contribution in [1.82, 2.24) is 10.2 Å². The predicted octanol–water partition coefficient (Wildman–Crippen LogP) is 1.83. The molecular formula is C9H15N3OS. The van der Waals surface area contributed by atoms with Gasteiger partial charge < -0.3 is 10.1 Å². The molecule has 78 valence electrons. The van der Waals surface area contributed by atoms with E-state index in [1.165, 1.54) is 0 Å². The summed E-state index contributed by atoms with van der Waals surface area (Å²) in [6, 6.07) is 0.373. The molecule has 1 atom stereocenters. The van der Waals surface area contributed by atoms with Gasteiger partial charge in [-0.15, -0.1) is 10.2 Å². The molecule has 14 heavy (non-hydrogen) atoms. The number of nitrogens with one attached hydrogen (secondary N) is 1. The molecule has 1 N–H and O–H groups in total. The highest BCUT2D eigenvalue weighted by Crippen LogP contribution is 2.27. The quantitative estimate of drug-likeness (QED) is 0.814. The molecule has 0 radical (unpaired) electrons. The lowest BCUT2D eigenvalue weighted by Gasteiger charge is -2.15. The van der Waals surface area contributed by atoms with Gasteiger partial charge in [0, 0.05) is 0 Å². The van der Waals surface area contributed by atoms with Crippen molar-refractivity contribution in [3.8, 4) is 0 Å². The number of hydrogen-bond donors (Lipinski definition) is 1. The Balaban J connectivity index is 1.94. The first-order valence-corrected chi connectivity index (χ1v) is 5.57. The van der Waals surface area contributed by atoms with Crippen LogP contribution in [0.5, 0.6) is 0 Å². The maximum Gasteiger partial charge on any atom is 0.205 e. The summed E-state index contributed by atoms with van der Waals surface area (Å²) in [6.07, 6.45) is 1.02. The van der Waals surface area contributed by atoms with E-state index in [2.05, 4.69) is 29.4 Å². The highest BCUT2D eigenvalue weighted by atomic mass is 32.1. The molecule has 1 fully saturated rings. The van der Waals surface area contributed by atoms with Crippen LogP contribution < -0.4 is 5.32 Å². The second kappa shape index (κ2) is 3.47. The topological polar surface area (TPSA) is 47.0 Å². The first kappa shape index (κ1) is 9.86. The van der Waals surface area contributed by atoms with Crippen LogP contribution in [-0.2, 0) is 4.74 Å². The van der Waals surface area contributed by atoms with Crippen molar-refractivity contribution in [2.24, 2.45) is 0 Å². The van der Waals surface area contributed by atoms with Crippen LogP contribution in [0.15, 0.2) is 0 Å². The van der Waals surface area contributed by atoms with Gasteiger partial charge in [-0.1, -0.05) is 11.3 Å². The van der Waals surface area contributed by atoms with E-state index < -0.39 is 0 Å². The third kappa shape index (κ3) is 2.22. The molecular weight excluding hydrogens is 198 g/mol. The van der Waals surface area contributed by atoms with Gasteiger partial charge in [-0.3, -0.25) is 0 Å². The van der Waals surface area contributed by atoms with Gasteiger partial charge in [-0.2, -0.15) is 0 Å². The summed E-state index contributed by atoms with van der Waals surface area (Å²) < 4.78 is 5.63. The van der Waals surface area contributed by atoms with Crippen LogP contribution in [0, 0.1) is 6.92 Å². The molecule has 1 aliphatic heterocycles. The molecule has 0 amide bonds. The van der Waals surface area contributed by atoms with E-state index in [1.54, 1.807) is 11.3 Å². The monoisotopic (exact) mass is 213 g/mol. The van der Waals surface area contributed by atoms with Gasteiger partial charge in [-0.05, 0) is 27.2 Å². The molecule has 2 heterocycles. The van der Waals surface area contributed by atoms with E-state index in [1.807, 2.05) is 6.92 Å². The molecule has 1 aromatic heterocycles. The lowest BCUT2D eigenvalue weighted by molar-refractivity contribution is 0.0363. The van der Waals surface area contributed by atoms with Gasteiger partial charge in [0.1, 0.15) is 5.01 Å². The average molecular weight is 213 g/mol. The summed E-state index contributed by atoms with van der Waals surface area (Å²) in [5.41, 5.74) is -0.00258. The van der Waals surface area contributed by atoms with Crippen molar-refractivity contribution in [2.75, 3.05) is 11.9 Å². The Bertz CT molecular complexity index is 324. The molecule has 1 aromatic rings. The third-order valence-corrected chi connectivity index (χ3v) is 3.04. The molecule has 0 bridgehead atoms. The zero-order valence-corrected chi connectivity index (χ0v) is 9.52. The Hall–Kier alpha value is -0.680. The summed E-state index contributed by atoms with van der Waals surface area (Å²) in [4.78, 5) is 0. The van der Waals surface area contributed by atoms with Crippen LogP contribution in [0.25, 0.3) is 0 Å². The fourth-order valence-electron chi connectivity index (χ4n) is 1.66. The minimum Gasteiger partial charge on any atom is -0.373 e. The van der Waals surface area contributed by atoms with Crippen LogP contribution in [0.3, 0.4) is 0 Å². The van der Waals surface area contributed by atoms with Crippen molar-refractivity contribution in [3.63, 3.8) is 0 Å². The molecule has 1 saturated heterocycles. The number of rotatable bonds is 2. The molecule has 4 nitrogen and oxygen atoms in total. The Morgan fingerprint density at radius 3 is 2.79 bits per heavy atom. The SMILES string of the molecule is Cc1nnc(NC2COC(C)(C)C2)s1. The van der Waals surface area contributed by atoms with Crippen molar-refractivity contribution in [2.45, 2.75) is 38.8 Å². The standard InChI is InChI=1S/C9H15N3OS/c1-6-11-12-8(14-6)10-7-4-9(2,3)13-5-7/h7H,4-5H2,1-3H3,(H,10,12). The lowest BCUT2D eigenvalue weighted by Crippen LogP contribution is -2.22. The van der Waals surface area contributed by atoms with E-state index in [-0.39, 0.29) is 5.60 Å². The second-order valence-corrected chi connectivity index (χ2v) is 5.42. The first-order chi connectivity index (χ1) is 6.55. The van der Waals surface area contributed by atoms with Crippen molar-refractivity contribution in [1.29, 1.82) is 0 Å². The van der Waals surface area contributed by atoms with Crippen LogP contribution in [0.2, 0.25) is 0 Å². The number of aryl methyl sites for hydroxylation is 1. The van der Waals surface area contributed by atoms with Gasteiger partial charge in [0.2, 0.25) is 5.13 Å². The maximum atomic E-state index is 5.63. The van der Waals surface area contributed by atoms with Crippen molar-refractivity contribution in [3.05, 3.63) is 5.01 Å². The van der Waals surface area contributed by atoms with Crippen LogP contribution in [0.4, 0.5) is 5.13 Å². The van der Waals surface area contributed by atoms with E-state index in [0.29, 0.717) is 6.04 Å². The van der Waals surface area contributed by atoms with Gasteiger partial charge in [0.15, 0.2) is 0 Å². The smallest absolute Gasteiger partial charge is 0.205 e. The summed E-state index contributed by atoms with van der Waals surface area (Å²) in [7, 11) is 0. The van der Waals surface area contributed by atoms with E-state index >= 15 is 0 Å². The molecule has 0 spiro atoms. The first-order valence-electron chi connectivity index (χ1n) is 4.76. The molecule has 5 heteroatoms. The molecule has 2 rings (SSSR count). The van der Waals surface area contributed by atoms with E-state index in [4.69, 9.17) is 4.74 Å². The molecule has 1 unspecified atom stereocenters. The van der Waals surface area contributed by atoms with E-state index in [0.717, 1.165) is 23.2 Å². The Morgan fingerprint density at radius 1 is 1.50 bits per heavy atom. The summed E-state index contributed by atoms with van der Waals surface area (Å²) in [5.74, 6) is 0. The number of aromatic nitrogens is 2. The summed E-state index contributed by atoms with van der Waals surface area (Å²) >= 11 is 1.59. The highest BCUT2D eigenvalue weighted by Gasteiger charge is 2.32. The third-order valence-electron chi connectivity index (χ3n) is 2.27. The zero-order valence-electron chi connectivity index (χ0n) is 8.70. The molecule has 0 aliphatic carbocycles. The number of hydrogen-bond acceptors (Lipinski definition) is 5. The summed E-state index contributed by atoms with van der Waals surface area (Å²) in [6.45, 7) is 6.93. The summed E-state index contributed by atoms with van der Waals surface area (Å²) in [5, 5.41) is 13.2. The van der Waals surface area contributed by atoms with Crippen molar-refractivity contribution < 1.29 is 4.74 Å². The molecule has 1 aliphatic rings. The van der Waals surface area contributed by atoms with Crippen molar-refractivity contribution >= 4 is 16.5 Å². The van der Waals surface area contributed by atoms with Gasteiger partial charge in [0.05, 0.1) is 18.2 Å². The molecule has 0 saturated carbocycles. The number of ether oxygens (including phenoxy) is 1. The largest absolute Gasteiger partial charge is 0.373 e. The highest BCUT2D eigenvalue weighted by molar-refractivity contribution is 7.15. The Labute approximate surface area is 87.7 Å². The normalized spacial score (nSPS) is 25.2. The zero-order chi connectivity index (χ0) is 10.2. The van der Waals surface area contributed by atoms with E-state index in [9.17, 15) is 0 Å². The number of nitrogens with zero attached hydrogens (tertiary/aromatic N) is 2. The average Bonchev–Trinajstić information content (AvgIpc) is 2.59. The minimum atomic E-state index is -0.00258.